The van der Waals surface area contributed by atoms with Gasteiger partial charge in [0, 0.05) is 26.8 Å². The van der Waals surface area contributed by atoms with Gasteiger partial charge < -0.3 is 0 Å². The molecule has 94 valence electrons. The van der Waals surface area contributed by atoms with Gasteiger partial charge in [-0.05, 0) is 24.5 Å². The average Bonchev–Trinajstić information content (AvgIpc) is 2.27. The zero-order valence-electron chi connectivity index (χ0n) is 11.6. The topological polar surface area (TPSA) is 0 Å². The van der Waals surface area contributed by atoms with Crippen LogP contribution in [0.3, 0.4) is 0 Å². The van der Waals surface area contributed by atoms with Gasteiger partial charge in [-0.1, -0.05) is 36.9 Å². The Morgan fingerprint density at radius 2 is 1.76 bits per heavy atom. The van der Waals surface area contributed by atoms with Gasteiger partial charge in [0.1, 0.15) is 0 Å². The molecule has 1 aromatic carbocycles. The highest BCUT2D eigenvalue weighted by Crippen LogP contribution is 2.55. The minimum absolute atomic E-state index is 0.267. The molecule has 0 unspecified atom stereocenters. The van der Waals surface area contributed by atoms with E-state index in [2.05, 4.69) is 57.5 Å². The highest BCUT2D eigenvalue weighted by molar-refractivity contribution is 7.74. The normalized spacial score (nSPS) is 11.8. The third-order valence-electron chi connectivity index (χ3n) is 2.98. The van der Waals surface area contributed by atoms with Gasteiger partial charge >= 0.3 is 0 Å². The van der Waals surface area contributed by atoms with E-state index in [0.717, 1.165) is 0 Å². The van der Waals surface area contributed by atoms with Crippen molar-refractivity contribution in [3.8, 4) is 0 Å². The van der Waals surface area contributed by atoms with Crippen molar-refractivity contribution in [2.24, 2.45) is 0 Å². The zero-order chi connectivity index (χ0) is 12.9. The fourth-order valence-corrected chi connectivity index (χ4v) is 6.93. The van der Waals surface area contributed by atoms with Crippen molar-refractivity contribution in [3.63, 3.8) is 0 Å². The standard InChI is InChI=1S/C15H25P2/c1-6-14-7-9-15(10-8-14)13-17(4,5)12-11-16(2)3/h6-10H,1,11-13H2,2-5H3/q+1. The molecule has 0 aliphatic carbocycles. The molecule has 0 bridgehead atoms. The maximum atomic E-state index is 3.79. The molecule has 0 radical (unpaired) electrons. The van der Waals surface area contributed by atoms with Crippen LogP contribution < -0.4 is 0 Å². The van der Waals surface area contributed by atoms with Gasteiger partial charge in [0.05, 0.1) is 12.3 Å². The van der Waals surface area contributed by atoms with Crippen molar-refractivity contribution in [1.29, 1.82) is 0 Å². The Morgan fingerprint density at radius 3 is 2.24 bits per heavy atom. The van der Waals surface area contributed by atoms with E-state index in [-0.39, 0.29) is 7.92 Å². The molecule has 17 heavy (non-hydrogen) atoms. The molecule has 0 aromatic heterocycles. The van der Waals surface area contributed by atoms with Crippen molar-refractivity contribution in [2.75, 3.05) is 39.0 Å². The van der Waals surface area contributed by atoms with E-state index in [0.29, 0.717) is 0 Å². The fraction of sp³-hybridized carbons (Fsp3) is 0.467. The quantitative estimate of drug-likeness (QED) is 0.646. The summed E-state index contributed by atoms with van der Waals surface area (Å²) in [6.45, 7) is 13.5. The SMILES string of the molecule is C=Cc1ccc(C[P+](C)(C)CCP(C)C)cc1. The molecule has 0 fully saturated rings. The first kappa shape index (κ1) is 14.9. The Labute approximate surface area is 109 Å². The molecule has 0 nitrogen and oxygen atoms in total. The third-order valence-corrected chi connectivity index (χ3v) is 7.10. The van der Waals surface area contributed by atoms with Crippen LogP contribution in [0.1, 0.15) is 11.1 Å². The molecule has 1 rings (SSSR count). The molecule has 0 saturated heterocycles. The molecule has 2 heteroatoms. The summed E-state index contributed by atoms with van der Waals surface area (Å²) in [5, 5.41) is 0. The summed E-state index contributed by atoms with van der Waals surface area (Å²) in [5.74, 6) is 0. The highest BCUT2D eigenvalue weighted by atomic mass is 31.2. The Balaban J connectivity index is 2.58. The van der Waals surface area contributed by atoms with Crippen LogP contribution in [-0.2, 0) is 6.16 Å². The molecule has 0 atom stereocenters. The van der Waals surface area contributed by atoms with Crippen LogP contribution in [-0.4, -0.2) is 39.0 Å². The molecule has 0 saturated carbocycles. The van der Waals surface area contributed by atoms with Gasteiger partial charge in [0.15, 0.2) is 0 Å². The summed E-state index contributed by atoms with van der Waals surface area (Å²) in [7, 11) is -0.484. The van der Waals surface area contributed by atoms with Crippen LogP contribution >= 0.6 is 15.2 Å². The molecule has 0 aliphatic heterocycles. The van der Waals surface area contributed by atoms with E-state index in [1.165, 1.54) is 29.6 Å². The van der Waals surface area contributed by atoms with Gasteiger partial charge in [-0.25, -0.2) is 0 Å². The molecule has 1 aromatic rings. The summed E-state index contributed by atoms with van der Waals surface area (Å²) in [6, 6.07) is 8.88. The lowest BCUT2D eigenvalue weighted by Gasteiger charge is -2.19. The second-order valence-corrected chi connectivity index (χ2v) is 12.8. The highest BCUT2D eigenvalue weighted by Gasteiger charge is 2.25. The molecule has 0 spiro atoms. The van der Waals surface area contributed by atoms with Gasteiger partial charge in [-0.2, -0.15) is 0 Å². The lowest BCUT2D eigenvalue weighted by atomic mass is 10.1. The van der Waals surface area contributed by atoms with Crippen LogP contribution in [0.2, 0.25) is 0 Å². The maximum Gasteiger partial charge on any atom is 0.0837 e. The number of hydrogen-bond donors (Lipinski definition) is 0. The molecule has 0 amide bonds. The largest absolute Gasteiger partial charge is 0.109 e. The third kappa shape index (κ3) is 5.80. The molecule has 0 heterocycles. The maximum absolute atomic E-state index is 3.79. The molecule has 0 N–H and O–H groups in total. The van der Waals surface area contributed by atoms with E-state index in [9.17, 15) is 0 Å². The van der Waals surface area contributed by atoms with E-state index < -0.39 is 7.26 Å². The van der Waals surface area contributed by atoms with Crippen molar-refractivity contribution in [3.05, 3.63) is 42.0 Å². The summed E-state index contributed by atoms with van der Waals surface area (Å²) < 4.78 is 0. The minimum atomic E-state index is -0.752. The van der Waals surface area contributed by atoms with Crippen LogP contribution in [0.5, 0.6) is 0 Å². The van der Waals surface area contributed by atoms with Crippen LogP contribution in [0, 0.1) is 0 Å². The van der Waals surface area contributed by atoms with Gasteiger partial charge in [0.25, 0.3) is 0 Å². The number of hydrogen-bond acceptors (Lipinski definition) is 0. The fourth-order valence-electron chi connectivity index (χ4n) is 1.80. The van der Waals surface area contributed by atoms with Crippen molar-refractivity contribution in [2.45, 2.75) is 6.16 Å². The predicted octanol–water partition coefficient (Wildman–Crippen LogP) is 4.85. The molecular formula is C15H25P2+. The Bertz CT molecular complexity index is 350. The van der Waals surface area contributed by atoms with E-state index in [1.54, 1.807) is 0 Å². The average molecular weight is 267 g/mol. The Kier molecular flexibility index (Phi) is 5.84. The lowest BCUT2D eigenvalue weighted by Crippen LogP contribution is -2.02. The number of benzene rings is 1. The summed E-state index contributed by atoms with van der Waals surface area (Å²) in [6.07, 6.45) is 6.06. The predicted molar refractivity (Wildman–Crippen MR) is 87.5 cm³/mol. The molecule has 0 aliphatic rings. The minimum Gasteiger partial charge on any atom is -0.109 e. The monoisotopic (exact) mass is 267 g/mol. The first-order valence-corrected chi connectivity index (χ1v) is 11.6. The second-order valence-electron chi connectivity index (χ2n) is 5.57. The van der Waals surface area contributed by atoms with Crippen molar-refractivity contribution in [1.82, 2.24) is 0 Å². The van der Waals surface area contributed by atoms with E-state index in [4.69, 9.17) is 0 Å². The van der Waals surface area contributed by atoms with Crippen molar-refractivity contribution < 1.29 is 0 Å². The Hall–Kier alpha value is -0.180. The van der Waals surface area contributed by atoms with E-state index in [1.807, 2.05) is 6.08 Å². The summed E-state index contributed by atoms with van der Waals surface area (Å²) in [5.41, 5.74) is 2.71. The first-order chi connectivity index (χ1) is 7.93. The summed E-state index contributed by atoms with van der Waals surface area (Å²) in [4.78, 5) is 0. The number of rotatable bonds is 6. The smallest absolute Gasteiger partial charge is 0.0837 e. The van der Waals surface area contributed by atoms with E-state index >= 15 is 0 Å². The second kappa shape index (κ2) is 6.67. The lowest BCUT2D eigenvalue weighted by molar-refractivity contribution is 1.32. The van der Waals surface area contributed by atoms with Crippen LogP contribution in [0.4, 0.5) is 0 Å². The van der Waals surface area contributed by atoms with Crippen LogP contribution in [0.15, 0.2) is 30.8 Å². The summed E-state index contributed by atoms with van der Waals surface area (Å²) >= 11 is 0. The molecular weight excluding hydrogens is 242 g/mol. The Morgan fingerprint density at radius 1 is 1.18 bits per heavy atom. The van der Waals surface area contributed by atoms with Crippen LogP contribution in [0.25, 0.3) is 6.08 Å². The van der Waals surface area contributed by atoms with Gasteiger partial charge in [-0.3, -0.25) is 0 Å². The first-order valence-electron chi connectivity index (χ1n) is 6.11. The zero-order valence-corrected chi connectivity index (χ0v) is 13.4. The van der Waals surface area contributed by atoms with Crippen molar-refractivity contribution >= 4 is 21.3 Å². The van der Waals surface area contributed by atoms with Gasteiger partial charge in [0.2, 0.25) is 0 Å². The van der Waals surface area contributed by atoms with Gasteiger partial charge in [-0.15, -0.1) is 7.92 Å².